The first-order valence-electron chi connectivity index (χ1n) is 9.09. The number of rotatable bonds is 9. The molecule has 3 N–H and O–H groups in total. The molecule has 0 heterocycles. The summed E-state index contributed by atoms with van der Waals surface area (Å²) in [6, 6.07) is 15.8. The lowest BCUT2D eigenvalue weighted by molar-refractivity contribution is 0.474. The molecule has 0 radical (unpaired) electrons. The molecule has 152 valence electrons. The lowest BCUT2D eigenvalue weighted by Gasteiger charge is -2.15. The largest absolute Gasteiger partial charge is 0.457 e. The Bertz CT molecular complexity index is 884. The van der Waals surface area contributed by atoms with Crippen LogP contribution in [0.15, 0.2) is 53.5 Å². The molecule has 0 bridgehead atoms. The van der Waals surface area contributed by atoms with Gasteiger partial charge in [0.15, 0.2) is 5.96 Å². The quantitative estimate of drug-likeness (QED) is 0.339. The molecule has 0 unspecified atom stereocenters. The van der Waals surface area contributed by atoms with Crippen molar-refractivity contribution >= 4 is 16.0 Å². The van der Waals surface area contributed by atoms with Crippen molar-refractivity contribution in [3.05, 3.63) is 59.7 Å². The second-order valence-electron chi connectivity index (χ2n) is 6.40. The van der Waals surface area contributed by atoms with Crippen LogP contribution < -0.4 is 20.1 Å². The Balaban J connectivity index is 1.90. The monoisotopic (exact) mass is 404 g/mol. The van der Waals surface area contributed by atoms with Crippen molar-refractivity contribution in [2.45, 2.75) is 19.9 Å². The first-order chi connectivity index (χ1) is 13.4. The molecule has 2 aromatic carbocycles. The van der Waals surface area contributed by atoms with Crippen LogP contribution in [0.3, 0.4) is 0 Å². The minimum Gasteiger partial charge on any atom is -0.457 e. The summed E-state index contributed by atoms with van der Waals surface area (Å²) in [7, 11) is -1.45. The summed E-state index contributed by atoms with van der Waals surface area (Å²) < 4.78 is 30.6. The highest BCUT2D eigenvalue weighted by Crippen LogP contribution is 2.26. The van der Waals surface area contributed by atoms with E-state index in [1.165, 1.54) is 0 Å². The predicted molar refractivity (Wildman–Crippen MR) is 113 cm³/mol. The van der Waals surface area contributed by atoms with Gasteiger partial charge in [-0.15, -0.1) is 0 Å². The highest BCUT2D eigenvalue weighted by molar-refractivity contribution is 7.88. The van der Waals surface area contributed by atoms with Crippen LogP contribution in [0.25, 0.3) is 0 Å². The average Bonchev–Trinajstić information content (AvgIpc) is 2.65. The molecule has 0 spiro atoms. The summed E-state index contributed by atoms with van der Waals surface area (Å²) in [5, 5.41) is 6.43. The standard InChI is InChI=1S/C20H28N4O3S/c1-16-10-11-17(19(14-16)27-18-8-5-4-6-9-18)15-23-20(21-2)22-12-7-13-24-28(3,25)26/h4-6,8-11,14,24H,7,12-13,15H2,1-3H3,(H2,21,22,23). The zero-order valence-electron chi connectivity index (χ0n) is 16.5. The first-order valence-corrected chi connectivity index (χ1v) is 11.0. The minimum absolute atomic E-state index is 0.385. The first kappa shape index (κ1) is 21.7. The van der Waals surface area contributed by atoms with Gasteiger partial charge in [0, 0.05) is 32.2 Å². The molecule has 0 saturated carbocycles. The third-order valence-corrected chi connectivity index (χ3v) is 4.60. The fraction of sp³-hybridized carbons (Fsp3) is 0.350. The smallest absolute Gasteiger partial charge is 0.208 e. The molecule has 8 heteroatoms. The van der Waals surface area contributed by atoms with Crippen molar-refractivity contribution in [1.29, 1.82) is 0 Å². The van der Waals surface area contributed by atoms with Gasteiger partial charge in [-0.3, -0.25) is 4.99 Å². The molecule has 0 aliphatic rings. The summed E-state index contributed by atoms with van der Waals surface area (Å²) >= 11 is 0. The van der Waals surface area contributed by atoms with E-state index in [2.05, 4.69) is 20.3 Å². The number of para-hydroxylation sites is 1. The molecule has 0 amide bonds. The van der Waals surface area contributed by atoms with Crippen LogP contribution in [-0.4, -0.2) is 40.8 Å². The molecular formula is C20H28N4O3S. The summed E-state index contributed by atoms with van der Waals surface area (Å²) in [6.07, 6.45) is 1.80. The molecule has 28 heavy (non-hydrogen) atoms. The number of aryl methyl sites for hydroxylation is 1. The number of ether oxygens (including phenoxy) is 1. The van der Waals surface area contributed by atoms with Crippen LogP contribution in [0.5, 0.6) is 11.5 Å². The van der Waals surface area contributed by atoms with E-state index in [1.807, 2.05) is 55.5 Å². The number of aliphatic imine (C=N–C) groups is 1. The Morgan fingerprint density at radius 1 is 1.07 bits per heavy atom. The van der Waals surface area contributed by atoms with E-state index in [1.54, 1.807) is 7.05 Å². The van der Waals surface area contributed by atoms with Crippen LogP contribution in [-0.2, 0) is 16.6 Å². The third-order valence-electron chi connectivity index (χ3n) is 3.87. The molecule has 2 aromatic rings. The number of hydrogen-bond donors (Lipinski definition) is 3. The van der Waals surface area contributed by atoms with Crippen molar-refractivity contribution in [2.24, 2.45) is 4.99 Å². The topological polar surface area (TPSA) is 91.8 Å². The van der Waals surface area contributed by atoms with Gasteiger partial charge in [-0.2, -0.15) is 0 Å². The molecular weight excluding hydrogens is 376 g/mol. The van der Waals surface area contributed by atoms with Crippen molar-refractivity contribution < 1.29 is 13.2 Å². The maximum atomic E-state index is 11.1. The second-order valence-corrected chi connectivity index (χ2v) is 8.23. The number of nitrogens with zero attached hydrogens (tertiary/aromatic N) is 1. The molecule has 0 aliphatic heterocycles. The van der Waals surface area contributed by atoms with E-state index in [-0.39, 0.29) is 0 Å². The lowest BCUT2D eigenvalue weighted by Crippen LogP contribution is -2.38. The van der Waals surface area contributed by atoms with Gasteiger partial charge in [-0.05, 0) is 37.1 Å². The highest BCUT2D eigenvalue weighted by atomic mass is 32.2. The molecule has 0 aromatic heterocycles. The average molecular weight is 405 g/mol. The van der Waals surface area contributed by atoms with Gasteiger partial charge in [-0.1, -0.05) is 30.3 Å². The Morgan fingerprint density at radius 2 is 1.82 bits per heavy atom. The van der Waals surface area contributed by atoms with Crippen molar-refractivity contribution in [3.63, 3.8) is 0 Å². The van der Waals surface area contributed by atoms with Crippen molar-refractivity contribution in [2.75, 3.05) is 26.4 Å². The number of nitrogens with one attached hydrogen (secondary N) is 3. The predicted octanol–water partition coefficient (Wildman–Crippen LogP) is 2.39. The lowest BCUT2D eigenvalue weighted by atomic mass is 10.1. The normalized spacial score (nSPS) is 11.9. The summed E-state index contributed by atoms with van der Waals surface area (Å²) in [5.74, 6) is 2.23. The Kier molecular flexibility index (Phi) is 8.28. The van der Waals surface area contributed by atoms with Gasteiger partial charge in [0.25, 0.3) is 0 Å². The number of hydrogen-bond acceptors (Lipinski definition) is 4. The molecule has 2 rings (SSSR count). The van der Waals surface area contributed by atoms with Gasteiger partial charge in [0.2, 0.25) is 10.0 Å². The van der Waals surface area contributed by atoms with Gasteiger partial charge >= 0.3 is 0 Å². The van der Waals surface area contributed by atoms with E-state index < -0.39 is 10.0 Å². The van der Waals surface area contributed by atoms with Crippen LogP contribution in [0.2, 0.25) is 0 Å². The zero-order chi connectivity index (χ0) is 20.4. The van der Waals surface area contributed by atoms with E-state index in [0.717, 1.165) is 28.9 Å². The van der Waals surface area contributed by atoms with Crippen molar-refractivity contribution in [3.8, 4) is 11.5 Å². The van der Waals surface area contributed by atoms with Gasteiger partial charge in [-0.25, -0.2) is 13.1 Å². The SMILES string of the molecule is CN=C(NCCCNS(C)(=O)=O)NCc1ccc(C)cc1Oc1ccccc1. The zero-order valence-corrected chi connectivity index (χ0v) is 17.3. The maximum absolute atomic E-state index is 11.1. The van der Waals surface area contributed by atoms with Crippen LogP contribution in [0.1, 0.15) is 17.5 Å². The number of sulfonamides is 1. The van der Waals surface area contributed by atoms with Crippen LogP contribution >= 0.6 is 0 Å². The van der Waals surface area contributed by atoms with E-state index in [9.17, 15) is 8.42 Å². The third kappa shape index (κ3) is 7.98. The van der Waals surface area contributed by atoms with Crippen LogP contribution in [0, 0.1) is 6.92 Å². The molecule has 0 aliphatic carbocycles. The number of guanidine groups is 1. The fourth-order valence-corrected chi connectivity index (χ4v) is 2.99. The van der Waals surface area contributed by atoms with Crippen LogP contribution in [0.4, 0.5) is 0 Å². The van der Waals surface area contributed by atoms with Crippen molar-refractivity contribution in [1.82, 2.24) is 15.4 Å². The molecule has 0 fully saturated rings. The Hall–Kier alpha value is -2.58. The Morgan fingerprint density at radius 3 is 2.50 bits per heavy atom. The highest BCUT2D eigenvalue weighted by Gasteiger charge is 2.07. The second kappa shape index (κ2) is 10.7. The van der Waals surface area contributed by atoms with E-state index in [0.29, 0.717) is 32.0 Å². The van der Waals surface area contributed by atoms with Gasteiger partial charge < -0.3 is 15.4 Å². The summed E-state index contributed by atoms with van der Waals surface area (Å²) in [6.45, 7) is 3.56. The summed E-state index contributed by atoms with van der Waals surface area (Å²) in [5.41, 5.74) is 2.13. The summed E-state index contributed by atoms with van der Waals surface area (Å²) in [4.78, 5) is 4.20. The van der Waals surface area contributed by atoms with E-state index in [4.69, 9.17) is 4.74 Å². The number of benzene rings is 2. The maximum Gasteiger partial charge on any atom is 0.208 e. The molecule has 0 saturated heterocycles. The molecule has 0 atom stereocenters. The Labute approximate surface area is 167 Å². The minimum atomic E-state index is -3.15. The molecule has 7 nitrogen and oxygen atoms in total. The van der Waals surface area contributed by atoms with Gasteiger partial charge in [0.1, 0.15) is 11.5 Å². The fourth-order valence-electron chi connectivity index (χ4n) is 2.47. The van der Waals surface area contributed by atoms with E-state index >= 15 is 0 Å². The van der Waals surface area contributed by atoms with Gasteiger partial charge in [0.05, 0.1) is 6.26 Å².